The van der Waals surface area contributed by atoms with Crippen molar-refractivity contribution in [2.75, 3.05) is 32.7 Å². The fraction of sp³-hybridized carbons (Fsp3) is 0.667. The minimum atomic E-state index is 0.450. The summed E-state index contributed by atoms with van der Waals surface area (Å²) in [6, 6.07) is 11.9. The predicted octanol–water partition coefficient (Wildman–Crippen LogP) is 2.53. The largest absolute Gasteiger partial charge is 0.329 e. The van der Waals surface area contributed by atoms with E-state index in [1.807, 2.05) is 0 Å². The van der Waals surface area contributed by atoms with E-state index in [1.165, 1.54) is 25.1 Å². The SMILES string of the molecule is CCC(C)N1CCN(C(CN)C(C)c2ccccc2)CC1. The minimum Gasteiger partial charge on any atom is -0.329 e. The summed E-state index contributed by atoms with van der Waals surface area (Å²) in [4.78, 5) is 5.20. The van der Waals surface area contributed by atoms with Gasteiger partial charge >= 0.3 is 0 Å². The first kappa shape index (κ1) is 16.5. The van der Waals surface area contributed by atoms with E-state index in [0.29, 0.717) is 18.0 Å². The van der Waals surface area contributed by atoms with Crippen LogP contribution in [0.2, 0.25) is 0 Å². The summed E-state index contributed by atoms with van der Waals surface area (Å²) in [5, 5.41) is 0. The highest BCUT2D eigenvalue weighted by atomic mass is 15.3. The number of hydrogen-bond donors (Lipinski definition) is 1. The van der Waals surface area contributed by atoms with Gasteiger partial charge in [-0.05, 0) is 24.8 Å². The van der Waals surface area contributed by atoms with Gasteiger partial charge in [0.15, 0.2) is 0 Å². The molecule has 118 valence electrons. The average Bonchev–Trinajstić information content (AvgIpc) is 2.56. The summed E-state index contributed by atoms with van der Waals surface area (Å²) < 4.78 is 0. The normalized spacial score (nSPS) is 21.9. The molecule has 2 rings (SSSR count). The van der Waals surface area contributed by atoms with E-state index in [0.717, 1.165) is 19.6 Å². The molecular weight excluding hydrogens is 258 g/mol. The van der Waals surface area contributed by atoms with E-state index in [1.54, 1.807) is 0 Å². The molecule has 0 amide bonds. The number of hydrogen-bond acceptors (Lipinski definition) is 3. The summed E-state index contributed by atoms with van der Waals surface area (Å²) in [5.74, 6) is 0.492. The lowest BCUT2D eigenvalue weighted by atomic mass is 9.91. The highest BCUT2D eigenvalue weighted by Gasteiger charge is 2.28. The Labute approximate surface area is 130 Å². The topological polar surface area (TPSA) is 32.5 Å². The van der Waals surface area contributed by atoms with Crippen LogP contribution in [-0.4, -0.2) is 54.6 Å². The van der Waals surface area contributed by atoms with Gasteiger partial charge < -0.3 is 5.73 Å². The van der Waals surface area contributed by atoms with Gasteiger partial charge in [0.2, 0.25) is 0 Å². The molecule has 3 unspecified atom stereocenters. The first-order chi connectivity index (χ1) is 10.2. The van der Waals surface area contributed by atoms with Gasteiger partial charge in [-0.25, -0.2) is 0 Å². The number of rotatable bonds is 6. The number of benzene rings is 1. The first-order valence-electron chi connectivity index (χ1n) is 8.40. The summed E-state index contributed by atoms with van der Waals surface area (Å²) in [5.41, 5.74) is 7.51. The zero-order chi connectivity index (χ0) is 15.2. The number of piperazine rings is 1. The number of nitrogens with zero attached hydrogens (tertiary/aromatic N) is 2. The molecule has 21 heavy (non-hydrogen) atoms. The molecule has 0 aromatic heterocycles. The predicted molar refractivity (Wildman–Crippen MR) is 90.6 cm³/mol. The van der Waals surface area contributed by atoms with Gasteiger partial charge in [-0.2, -0.15) is 0 Å². The summed E-state index contributed by atoms with van der Waals surface area (Å²) in [6.07, 6.45) is 1.24. The van der Waals surface area contributed by atoms with Gasteiger partial charge in [-0.1, -0.05) is 44.2 Å². The van der Waals surface area contributed by atoms with Crippen LogP contribution in [0.15, 0.2) is 30.3 Å². The molecule has 3 atom stereocenters. The molecule has 2 N–H and O–H groups in total. The van der Waals surface area contributed by atoms with Gasteiger partial charge in [0, 0.05) is 44.8 Å². The fourth-order valence-electron chi connectivity index (χ4n) is 3.42. The minimum absolute atomic E-state index is 0.450. The Morgan fingerprint density at radius 2 is 1.57 bits per heavy atom. The lowest BCUT2D eigenvalue weighted by molar-refractivity contribution is 0.0675. The van der Waals surface area contributed by atoms with Crippen molar-refractivity contribution >= 4 is 0 Å². The van der Waals surface area contributed by atoms with E-state index < -0.39 is 0 Å². The van der Waals surface area contributed by atoms with Crippen molar-refractivity contribution in [1.82, 2.24) is 9.80 Å². The molecule has 0 aliphatic carbocycles. The molecule has 0 bridgehead atoms. The molecule has 0 radical (unpaired) electrons. The average molecular weight is 289 g/mol. The van der Waals surface area contributed by atoms with Crippen molar-refractivity contribution in [3.8, 4) is 0 Å². The molecule has 1 heterocycles. The van der Waals surface area contributed by atoms with Crippen LogP contribution in [0.4, 0.5) is 0 Å². The van der Waals surface area contributed by atoms with Crippen molar-refractivity contribution < 1.29 is 0 Å². The fourth-order valence-corrected chi connectivity index (χ4v) is 3.42. The lowest BCUT2D eigenvalue weighted by Crippen LogP contribution is -2.55. The molecule has 3 nitrogen and oxygen atoms in total. The Morgan fingerprint density at radius 1 is 1.00 bits per heavy atom. The van der Waals surface area contributed by atoms with Gasteiger partial charge in [0.05, 0.1) is 0 Å². The third kappa shape index (κ3) is 4.06. The summed E-state index contributed by atoms with van der Waals surface area (Å²) in [7, 11) is 0. The summed E-state index contributed by atoms with van der Waals surface area (Å²) >= 11 is 0. The molecule has 0 spiro atoms. The van der Waals surface area contributed by atoms with E-state index in [2.05, 4.69) is 60.9 Å². The van der Waals surface area contributed by atoms with Crippen LogP contribution >= 0.6 is 0 Å². The molecule has 3 heteroatoms. The van der Waals surface area contributed by atoms with Gasteiger partial charge in [0.25, 0.3) is 0 Å². The Balaban J connectivity index is 1.96. The Bertz CT molecular complexity index is 398. The molecule has 1 aliphatic heterocycles. The van der Waals surface area contributed by atoms with Gasteiger partial charge in [0.1, 0.15) is 0 Å². The van der Waals surface area contributed by atoms with E-state index in [9.17, 15) is 0 Å². The van der Waals surface area contributed by atoms with Crippen molar-refractivity contribution in [2.24, 2.45) is 5.73 Å². The maximum absolute atomic E-state index is 6.11. The quantitative estimate of drug-likeness (QED) is 0.873. The lowest BCUT2D eigenvalue weighted by Gasteiger charge is -2.43. The first-order valence-corrected chi connectivity index (χ1v) is 8.40. The van der Waals surface area contributed by atoms with Crippen LogP contribution in [0.3, 0.4) is 0 Å². The smallest absolute Gasteiger partial charge is 0.0285 e. The second kappa shape index (κ2) is 7.92. The molecular formula is C18H31N3. The van der Waals surface area contributed by atoms with Gasteiger partial charge in [-0.3, -0.25) is 9.80 Å². The van der Waals surface area contributed by atoms with E-state index in [4.69, 9.17) is 5.73 Å². The van der Waals surface area contributed by atoms with Crippen molar-refractivity contribution in [2.45, 2.75) is 45.2 Å². The maximum Gasteiger partial charge on any atom is 0.0285 e. The monoisotopic (exact) mass is 289 g/mol. The highest BCUT2D eigenvalue weighted by Crippen LogP contribution is 2.24. The van der Waals surface area contributed by atoms with Gasteiger partial charge in [-0.15, -0.1) is 0 Å². The van der Waals surface area contributed by atoms with Crippen LogP contribution in [-0.2, 0) is 0 Å². The Hall–Kier alpha value is -0.900. The molecule has 0 saturated carbocycles. The zero-order valence-corrected chi connectivity index (χ0v) is 13.8. The van der Waals surface area contributed by atoms with Crippen molar-refractivity contribution in [1.29, 1.82) is 0 Å². The standard InChI is InChI=1S/C18H31N3/c1-4-15(2)20-10-12-21(13-11-20)18(14-19)16(3)17-8-6-5-7-9-17/h5-9,15-16,18H,4,10-14,19H2,1-3H3. The highest BCUT2D eigenvalue weighted by molar-refractivity contribution is 5.20. The third-order valence-electron chi connectivity index (χ3n) is 5.18. The van der Waals surface area contributed by atoms with Crippen molar-refractivity contribution in [3.05, 3.63) is 35.9 Å². The number of nitrogens with two attached hydrogens (primary N) is 1. The molecule has 1 aromatic rings. The molecule has 1 aliphatic rings. The molecule has 1 aromatic carbocycles. The van der Waals surface area contributed by atoms with Crippen LogP contribution < -0.4 is 5.73 Å². The maximum atomic E-state index is 6.11. The summed E-state index contributed by atoms with van der Waals surface area (Å²) in [6.45, 7) is 12.3. The van der Waals surface area contributed by atoms with Crippen LogP contribution in [0, 0.1) is 0 Å². The van der Waals surface area contributed by atoms with Crippen LogP contribution in [0.5, 0.6) is 0 Å². The van der Waals surface area contributed by atoms with E-state index in [-0.39, 0.29) is 0 Å². The third-order valence-corrected chi connectivity index (χ3v) is 5.18. The zero-order valence-electron chi connectivity index (χ0n) is 13.8. The Morgan fingerprint density at radius 3 is 2.10 bits per heavy atom. The van der Waals surface area contributed by atoms with E-state index >= 15 is 0 Å². The molecule has 1 saturated heterocycles. The molecule has 1 fully saturated rings. The second-order valence-corrected chi connectivity index (χ2v) is 6.33. The van der Waals surface area contributed by atoms with Crippen LogP contribution in [0.1, 0.15) is 38.7 Å². The Kier molecular flexibility index (Phi) is 6.22. The van der Waals surface area contributed by atoms with Crippen LogP contribution in [0.25, 0.3) is 0 Å². The van der Waals surface area contributed by atoms with Crippen molar-refractivity contribution in [3.63, 3.8) is 0 Å². The second-order valence-electron chi connectivity index (χ2n) is 6.33.